The van der Waals surface area contributed by atoms with Gasteiger partial charge < -0.3 is 10.5 Å². The molecule has 1 heterocycles. The van der Waals surface area contributed by atoms with Gasteiger partial charge in [0, 0.05) is 11.8 Å². The Bertz CT molecular complexity index is 513. The fourth-order valence-corrected chi connectivity index (χ4v) is 1.11. The van der Waals surface area contributed by atoms with Gasteiger partial charge in [0.2, 0.25) is 0 Å². The lowest BCUT2D eigenvalue weighted by atomic mass is 10.1. The van der Waals surface area contributed by atoms with E-state index < -0.39 is 23.5 Å². The van der Waals surface area contributed by atoms with Gasteiger partial charge in [-0.1, -0.05) is 0 Å². The van der Waals surface area contributed by atoms with Gasteiger partial charge in [-0.3, -0.25) is 0 Å². The second kappa shape index (κ2) is 4.58. The number of nitrogen functional groups attached to an aromatic ring is 1. The highest BCUT2D eigenvalue weighted by molar-refractivity contribution is 5.59. The monoisotopic (exact) mass is 242 g/mol. The number of nitrogens with two attached hydrogens (primary N) is 1. The number of halogens is 3. The molecule has 0 aliphatic heterocycles. The lowest BCUT2D eigenvalue weighted by Gasteiger charge is -2.13. The molecule has 0 bridgehead atoms. The van der Waals surface area contributed by atoms with E-state index in [-0.39, 0.29) is 12.0 Å². The Morgan fingerprint density at radius 3 is 2.53 bits per heavy atom. The zero-order valence-corrected chi connectivity index (χ0v) is 8.25. The number of rotatable bonds is 2. The molecule has 88 valence electrons. The molecule has 1 aromatic rings. The zero-order chi connectivity index (χ0) is 13.1. The van der Waals surface area contributed by atoms with E-state index in [0.717, 1.165) is 6.20 Å². The van der Waals surface area contributed by atoms with E-state index >= 15 is 0 Å². The topological polar surface area (TPSA) is 95.7 Å². The van der Waals surface area contributed by atoms with Crippen molar-refractivity contribution in [1.29, 1.82) is 10.5 Å². The second-order valence-electron chi connectivity index (χ2n) is 2.87. The van der Waals surface area contributed by atoms with Gasteiger partial charge in [-0.05, 0) is 0 Å². The van der Waals surface area contributed by atoms with E-state index in [1.165, 1.54) is 6.07 Å². The summed E-state index contributed by atoms with van der Waals surface area (Å²) >= 11 is 0. The van der Waals surface area contributed by atoms with Crippen LogP contribution >= 0.6 is 0 Å². The molecule has 0 saturated heterocycles. The van der Waals surface area contributed by atoms with Crippen molar-refractivity contribution in [3.63, 3.8) is 0 Å². The van der Waals surface area contributed by atoms with Gasteiger partial charge in [-0.2, -0.15) is 10.5 Å². The van der Waals surface area contributed by atoms with Crippen molar-refractivity contribution >= 4 is 5.82 Å². The number of ether oxygens (including phenoxy) is 1. The number of nitriles is 2. The minimum atomic E-state index is -4.98. The summed E-state index contributed by atoms with van der Waals surface area (Å²) in [5, 5.41) is 17.2. The van der Waals surface area contributed by atoms with Gasteiger partial charge in [0.1, 0.15) is 11.6 Å². The maximum absolute atomic E-state index is 12.1. The minimum Gasteiger partial charge on any atom is -0.400 e. The zero-order valence-electron chi connectivity index (χ0n) is 8.25. The first-order valence-electron chi connectivity index (χ1n) is 4.19. The Labute approximate surface area is 93.8 Å². The average Bonchev–Trinajstić information content (AvgIpc) is 2.22. The van der Waals surface area contributed by atoms with Gasteiger partial charge >= 0.3 is 6.36 Å². The molecule has 0 aromatic carbocycles. The van der Waals surface area contributed by atoms with Crippen molar-refractivity contribution in [1.82, 2.24) is 4.98 Å². The molecular weight excluding hydrogens is 237 g/mol. The molecule has 0 aliphatic rings. The van der Waals surface area contributed by atoms with Gasteiger partial charge in [-0.15, -0.1) is 13.2 Å². The molecule has 1 rings (SSSR count). The third-order valence-electron chi connectivity index (χ3n) is 1.74. The van der Waals surface area contributed by atoms with Crippen LogP contribution in [-0.4, -0.2) is 11.3 Å². The fourth-order valence-electron chi connectivity index (χ4n) is 1.11. The highest BCUT2D eigenvalue weighted by Gasteiger charge is 2.34. The van der Waals surface area contributed by atoms with Gasteiger partial charge in [0.05, 0.1) is 12.5 Å². The van der Waals surface area contributed by atoms with Crippen LogP contribution in [0.2, 0.25) is 0 Å². The van der Waals surface area contributed by atoms with Gasteiger partial charge in [0.25, 0.3) is 0 Å². The normalized spacial score (nSPS) is 10.4. The summed E-state index contributed by atoms with van der Waals surface area (Å²) in [5.41, 5.74) is 4.80. The Balaban J connectivity index is 3.33. The molecule has 17 heavy (non-hydrogen) atoms. The van der Waals surface area contributed by atoms with Crippen LogP contribution in [0.15, 0.2) is 6.20 Å². The predicted molar refractivity (Wildman–Crippen MR) is 49.4 cm³/mol. The number of hydrogen-bond acceptors (Lipinski definition) is 5. The molecule has 0 unspecified atom stereocenters. The first-order valence-corrected chi connectivity index (χ1v) is 4.19. The summed E-state index contributed by atoms with van der Waals surface area (Å²) in [4.78, 5) is 3.44. The minimum absolute atomic E-state index is 0.0310. The number of aromatic nitrogens is 1. The van der Waals surface area contributed by atoms with E-state index in [4.69, 9.17) is 16.3 Å². The van der Waals surface area contributed by atoms with Crippen molar-refractivity contribution in [2.75, 3.05) is 5.73 Å². The maximum atomic E-state index is 12.1. The molecule has 2 N–H and O–H groups in total. The third-order valence-corrected chi connectivity index (χ3v) is 1.74. The standard InChI is InChI=1S/C9H5F3N4O/c10-9(11,12)17-7-6(3-14)5(1-2-13)4-16-8(7)15/h4H,1H2,(H2,15,16). The number of alkyl halides is 3. The van der Waals surface area contributed by atoms with Crippen LogP contribution in [0, 0.1) is 22.7 Å². The fraction of sp³-hybridized carbons (Fsp3) is 0.222. The molecule has 0 saturated carbocycles. The molecule has 0 fully saturated rings. The quantitative estimate of drug-likeness (QED) is 0.847. The SMILES string of the molecule is N#CCc1cnc(N)c(OC(F)(F)F)c1C#N. The first kappa shape index (κ1) is 12.6. The van der Waals surface area contributed by atoms with Crippen molar-refractivity contribution < 1.29 is 17.9 Å². The Hall–Kier alpha value is -2.48. The lowest BCUT2D eigenvalue weighted by molar-refractivity contribution is -0.274. The van der Waals surface area contributed by atoms with Crippen molar-refractivity contribution in [2.45, 2.75) is 12.8 Å². The molecule has 0 radical (unpaired) electrons. The van der Waals surface area contributed by atoms with Gasteiger partial charge in [0.15, 0.2) is 11.6 Å². The third kappa shape index (κ3) is 2.98. The summed E-state index contributed by atoms with van der Waals surface area (Å²) in [6, 6.07) is 3.22. The highest BCUT2D eigenvalue weighted by Crippen LogP contribution is 2.32. The molecule has 5 nitrogen and oxygen atoms in total. The molecular formula is C9H5F3N4O. The number of nitrogens with zero attached hydrogens (tertiary/aromatic N) is 3. The molecule has 8 heteroatoms. The van der Waals surface area contributed by atoms with E-state index in [1.807, 2.05) is 0 Å². The number of pyridine rings is 1. The Morgan fingerprint density at radius 1 is 1.41 bits per heavy atom. The Kier molecular flexibility index (Phi) is 3.39. The molecule has 0 spiro atoms. The predicted octanol–water partition coefficient (Wildman–Crippen LogP) is 1.50. The largest absolute Gasteiger partial charge is 0.573 e. The number of anilines is 1. The second-order valence-corrected chi connectivity index (χ2v) is 2.87. The van der Waals surface area contributed by atoms with Crippen molar-refractivity contribution in [3.05, 3.63) is 17.3 Å². The van der Waals surface area contributed by atoms with E-state index in [9.17, 15) is 13.2 Å². The first-order chi connectivity index (χ1) is 7.89. The summed E-state index contributed by atoms with van der Waals surface area (Å²) in [7, 11) is 0. The van der Waals surface area contributed by atoms with E-state index in [0.29, 0.717) is 0 Å². The molecule has 0 amide bonds. The molecule has 0 aliphatic carbocycles. The van der Waals surface area contributed by atoms with E-state index in [1.54, 1.807) is 6.07 Å². The summed E-state index contributed by atoms with van der Waals surface area (Å²) in [5.74, 6) is -1.42. The van der Waals surface area contributed by atoms with Crippen molar-refractivity contribution in [3.8, 4) is 17.9 Å². The smallest absolute Gasteiger partial charge is 0.400 e. The van der Waals surface area contributed by atoms with Crippen LogP contribution in [0.3, 0.4) is 0 Å². The van der Waals surface area contributed by atoms with Crippen LogP contribution in [0.1, 0.15) is 11.1 Å². The van der Waals surface area contributed by atoms with Crippen molar-refractivity contribution in [2.24, 2.45) is 0 Å². The average molecular weight is 242 g/mol. The Morgan fingerprint density at radius 2 is 2.06 bits per heavy atom. The van der Waals surface area contributed by atoms with Gasteiger partial charge in [-0.25, -0.2) is 4.98 Å². The number of hydrogen-bond donors (Lipinski definition) is 1. The van der Waals surface area contributed by atoms with Crippen LogP contribution < -0.4 is 10.5 Å². The molecule has 1 aromatic heterocycles. The van der Waals surface area contributed by atoms with Crippen LogP contribution in [0.25, 0.3) is 0 Å². The molecule has 0 atom stereocenters. The summed E-state index contributed by atoms with van der Waals surface area (Å²) in [6.45, 7) is 0. The van der Waals surface area contributed by atoms with E-state index in [2.05, 4.69) is 9.72 Å². The highest BCUT2D eigenvalue weighted by atomic mass is 19.4. The lowest BCUT2D eigenvalue weighted by Crippen LogP contribution is -2.19. The summed E-state index contributed by atoms with van der Waals surface area (Å²) in [6.07, 6.45) is -4.17. The van der Waals surface area contributed by atoms with Crippen LogP contribution in [-0.2, 0) is 6.42 Å². The van der Waals surface area contributed by atoms with Crippen LogP contribution in [0.5, 0.6) is 5.75 Å². The van der Waals surface area contributed by atoms with Crippen LogP contribution in [0.4, 0.5) is 19.0 Å². The summed E-state index contributed by atoms with van der Waals surface area (Å²) < 4.78 is 39.8. The maximum Gasteiger partial charge on any atom is 0.573 e.